The van der Waals surface area contributed by atoms with E-state index in [1.165, 1.54) is 0 Å². The molecule has 0 fully saturated rings. The van der Waals surface area contributed by atoms with Crippen molar-refractivity contribution in [2.45, 2.75) is 0 Å². The number of H-pyrrole nitrogens is 1. The molecule has 1 heterocycles. The van der Waals surface area contributed by atoms with Crippen molar-refractivity contribution in [3.05, 3.63) is 71.9 Å². The molecular formula is C18H16N4O2. The molecule has 24 heavy (non-hydrogen) atoms. The molecule has 0 aliphatic heterocycles. The first-order valence-corrected chi connectivity index (χ1v) is 7.35. The molecule has 2 aromatic carbocycles. The summed E-state index contributed by atoms with van der Waals surface area (Å²) in [6.07, 6.45) is 1.58. The molecule has 6 heteroatoms. The minimum absolute atomic E-state index is 0.320. The number of amides is 1. The van der Waals surface area contributed by atoms with Crippen molar-refractivity contribution in [3.8, 4) is 17.0 Å². The lowest BCUT2D eigenvalue weighted by atomic mass is 10.1. The molecule has 0 saturated heterocycles. The van der Waals surface area contributed by atoms with E-state index >= 15 is 0 Å². The van der Waals surface area contributed by atoms with Crippen LogP contribution in [0.15, 0.2) is 65.8 Å². The van der Waals surface area contributed by atoms with Crippen LogP contribution < -0.4 is 10.2 Å². The van der Waals surface area contributed by atoms with Crippen LogP contribution in [-0.4, -0.2) is 29.4 Å². The molecule has 120 valence electrons. The monoisotopic (exact) mass is 320 g/mol. The Morgan fingerprint density at radius 2 is 1.92 bits per heavy atom. The molecule has 1 aromatic heterocycles. The van der Waals surface area contributed by atoms with E-state index in [9.17, 15) is 4.79 Å². The van der Waals surface area contributed by atoms with E-state index in [0.717, 1.165) is 11.1 Å². The highest BCUT2D eigenvalue weighted by molar-refractivity contribution is 5.94. The summed E-state index contributed by atoms with van der Waals surface area (Å²) in [4.78, 5) is 12.1. The van der Waals surface area contributed by atoms with E-state index < -0.39 is 0 Å². The Labute approximate surface area is 139 Å². The van der Waals surface area contributed by atoms with Crippen molar-refractivity contribution in [2.24, 2.45) is 5.10 Å². The molecule has 0 radical (unpaired) electrons. The third-order valence-electron chi connectivity index (χ3n) is 3.38. The second-order valence-electron chi connectivity index (χ2n) is 4.98. The Kier molecular flexibility index (Phi) is 4.67. The van der Waals surface area contributed by atoms with Gasteiger partial charge < -0.3 is 4.74 Å². The summed E-state index contributed by atoms with van der Waals surface area (Å²) in [6, 6.07) is 18.6. The highest BCUT2D eigenvalue weighted by Crippen LogP contribution is 2.28. The van der Waals surface area contributed by atoms with Gasteiger partial charge in [0.25, 0.3) is 5.91 Å². The van der Waals surface area contributed by atoms with E-state index in [0.29, 0.717) is 17.1 Å². The molecule has 1 amide bonds. The van der Waals surface area contributed by atoms with Crippen LogP contribution in [0.5, 0.6) is 5.75 Å². The maximum atomic E-state index is 12.1. The number of ether oxygens (including phenoxy) is 1. The number of hydrazone groups is 1. The molecule has 3 aromatic rings. The summed E-state index contributed by atoms with van der Waals surface area (Å²) in [6.45, 7) is 0. The number of nitrogens with zero attached hydrogens (tertiary/aromatic N) is 2. The number of hydrogen-bond acceptors (Lipinski definition) is 4. The second kappa shape index (κ2) is 7.23. The van der Waals surface area contributed by atoms with Crippen molar-refractivity contribution < 1.29 is 9.53 Å². The Morgan fingerprint density at radius 3 is 2.71 bits per heavy atom. The third kappa shape index (κ3) is 3.49. The molecule has 0 unspecified atom stereocenters. The summed E-state index contributed by atoms with van der Waals surface area (Å²) in [5.74, 6) is 0.328. The lowest BCUT2D eigenvalue weighted by molar-refractivity contribution is 0.0950. The summed E-state index contributed by atoms with van der Waals surface area (Å²) in [7, 11) is 1.59. The quantitative estimate of drug-likeness (QED) is 0.560. The molecule has 2 N–H and O–H groups in total. The Hall–Kier alpha value is -3.41. The summed E-state index contributed by atoms with van der Waals surface area (Å²) in [5.41, 5.74) is 5.13. The minimum Gasteiger partial charge on any atom is -0.496 e. The van der Waals surface area contributed by atoms with Gasteiger partial charge in [0.05, 0.1) is 19.0 Å². The standard InChI is InChI=1S/C18H16N4O2/c1-24-17-10-6-5-9-14(17)15-11-16(21-20-15)18(23)22-19-12-13-7-3-2-4-8-13/h2-12H,1H3,(H,20,21)(H,22,23). The predicted molar refractivity (Wildman–Crippen MR) is 92.1 cm³/mol. The molecule has 0 atom stereocenters. The number of para-hydroxylation sites is 1. The average molecular weight is 320 g/mol. The Morgan fingerprint density at radius 1 is 1.17 bits per heavy atom. The van der Waals surface area contributed by atoms with Crippen molar-refractivity contribution in [2.75, 3.05) is 7.11 Å². The first-order valence-electron chi connectivity index (χ1n) is 7.35. The summed E-state index contributed by atoms with van der Waals surface area (Å²) >= 11 is 0. The fourth-order valence-electron chi connectivity index (χ4n) is 2.20. The molecule has 0 aliphatic rings. The van der Waals surface area contributed by atoms with Gasteiger partial charge in [0, 0.05) is 5.56 Å². The number of nitrogens with one attached hydrogen (secondary N) is 2. The van der Waals surface area contributed by atoms with Gasteiger partial charge in [0.2, 0.25) is 0 Å². The van der Waals surface area contributed by atoms with E-state index in [1.54, 1.807) is 19.4 Å². The number of rotatable bonds is 5. The zero-order valence-electron chi connectivity index (χ0n) is 13.1. The lowest BCUT2D eigenvalue weighted by Crippen LogP contribution is -2.17. The van der Waals surface area contributed by atoms with Crippen LogP contribution in [0.3, 0.4) is 0 Å². The number of carbonyl (C=O) groups excluding carboxylic acids is 1. The van der Waals surface area contributed by atoms with Gasteiger partial charge in [-0.3, -0.25) is 9.89 Å². The Balaban J connectivity index is 1.71. The van der Waals surface area contributed by atoms with Crippen LogP contribution in [0.25, 0.3) is 11.3 Å². The topological polar surface area (TPSA) is 79.4 Å². The van der Waals surface area contributed by atoms with Crippen molar-refractivity contribution in [3.63, 3.8) is 0 Å². The highest BCUT2D eigenvalue weighted by Gasteiger charge is 2.13. The maximum absolute atomic E-state index is 12.1. The van der Waals surface area contributed by atoms with Crippen LogP contribution in [0.4, 0.5) is 0 Å². The largest absolute Gasteiger partial charge is 0.496 e. The molecule has 0 aliphatic carbocycles. The number of methoxy groups -OCH3 is 1. The molecule has 3 rings (SSSR count). The van der Waals surface area contributed by atoms with Gasteiger partial charge >= 0.3 is 0 Å². The maximum Gasteiger partial charge on any atom is 0.289 e. The number of aromatic nitrogens is 2. The molecular weight excluding hydrogens is 304 g/mol. The zero-order chi connectivity index (χ0) is 16.8. The van der Waals surface area contributed by atoms with Gasteiger partial charge in [-0.05, 0) is 23.8 Å². The third-order valence-corrected chi connectivity index (χ3v) is 3.38. The molecule has 0 saturated carbocycles. The fourth-order valence-corrected chi connectivity index (χ4v) is 2.20. The molecule has 0 spiro atoms. The van der Waals surface area contributed by atoms with Gasteiger partial charge in [-0.2, -0.15) is 10.2 Å². The summed E-state index contributed by atoms with van der Waals surface area (Å²) < 4.78 is 5.31. The number of hydrogen-bond donors (Lipinski definition) is 2. The van der Waals surface area contributed by atoms with Crippen LogP contribution in [0.1, 0.15) is 16.1 Å². The second-order valence-corrected chi connectivity index (χ2v) is 4.98. The average Bonchev–Trinajstić information content (AvgIpc) is 3.12. The van der Waals surface area contributed by atoms with Crippen molar-refractivity contribution >= 4 is 12.1 Å². The molecule has 0 bridgehead atoms. The normalized spacial score (nSPS) is 10.7. The van der Waals surface area contributed by atoms with Crippen LogP contribution in [-0.2, 0) is 0 Å². The van der Waals surface area contributed by atoms with Gasteiger partial charge in [0.1, 0.15) is 11.4 Å². The number of benzene rings is 2. The van der Waals surface area contributed by atoms with E-state index in [1.807, 2.05) is 54.6 Å². The van der Waals surface area contributed by atoms with Crippen LogP contribution in [0.2, 0.25) is 0 Å². The SMILES string of the molecule is COc1ccccc1-c1cc(C(=O)NN=Cc2ccccc2)[nH]n1. The highest BCUT2D eigenvalue weighted by atomic mass is 16.5. The van der Waals surface area contributed by atoms with Crippen LogP contribution >= 0.6 is 0 Å². The van der Waals surface area contributed by atoms with Gasteiger partial charge in [-0.25, -0.2) is 5.43 Å². The van der Waals surface area contributed by atoms with E-state index in [-0.39, 0.29) is 5.91 Å². The first-order chi connectivity index (χ1) is 11.8. The van der Waals surface area contributed by atoms with Gasteiger partial charge in [0.15, 0.2) is 0 Å². The van der Waals surface area contributed by atoms with E-state index in [2.05, 4.69) is 20.7 Å². The molecule has 6 nitrogen and oxygen atoms in total. The van der Waals surface area contributed by atoms with Crippen molar-refractivity contribution in [1.29, 1.82) is 0 Å². The number of aromatic amines is 1. The van der Waals surface area contributed by atoms with Crippen LogP contribution in [0, 0.1) is 0 Å². The Bertz CT molecular complexity index is 856. The minimum atomic E-state index is -0.365. The van der Waals surface area contributed by atoms with Gasteiger partial charge in [-0.1, -0.05) is 42.5 Å². The lowest BCUT2D eigenvalue weighted by Gasteiger charge is -2.04. The predicted octanol–water partition coefficient (Wildman–Crippen LogP) is 2.85. The summed E-state index contributed by atoms with van der Waals surface area (Å²) in [5, 5.41) is 10.8. The fraction of sp³-hybridized carbons (Fsp3) is 0.0556. The zero-order valence-corrected chi connectivity index (χ0v) is 13.1. The smallest absolute Gasteiger partial charge is 0.289 e. The first kappa shape index (κ1) is 15.5. The van der Waals surface area contributed by atoms with Gasteiger partial charge in [-0.15, -0.1) is 0 Å². The van der Waals surface area contributed by atoms with E-state index in [4.69, 9.17) is 4.74 Å². The number of carbonyl (C=O) groups is 1. The van der Waals surface area contributed by atoms with Crippen molar-refractivity contribution in [1.82, 2.24) is 15.6 Å².